The predicted octanol–water partition coefficient (Wildman–Crippen LogP) is 1.96. The van der Waals surface area contributed by atoms with Crippen molar-refractivity contribution in [1.29, 1.82) is 0 Å². The Hall–Kier alpha value is -0.460. The zero-order valence-corrected chi connectivity index (χ0v) is 12.2. The molecule has 0 spiro atoms. The maximum Gasteiger partial charge on any atom is 0.0897 e. The van der Waals surface area contributed by atoms with E-state index in [1.807, 2.05) is 6.07 Å². The molecule has 1 aliphatic rings. The first-order valence-electron chi connectivity index (χ1n) is 6.90. The molecular formula is C14H23NO3S. The van der Waals surface area contributed by atoms with Crippen molar-refractivity contribution in [2.24, 2.45) is 0 Å². The maximum absolute atomic E-state index is 9.84. The third kappa shape index (κ3) is 5.20. The van der Waals surface area contributed by atoms with Gasteiger partial charge in [0.1, 0.15) is 0 Å². The van der Waals surface area contributed by atoms with Gasteiger partial charge in [-0.3, -0.25) is 0 Å². The number of rotatable bonds is 8. The summed E-state index contributed by atoms with van der Waals surface area (Å²) in [5.41, 5.74) is 0. The van der Waals surface area contributed by atoms with Crippen LogP contribution in [0.15, 0.2) is 17.5 Å². The molecule has 0 radical (unpaired) electrons. The van der Waals surface area contributed by atoms with Gasteiger partial charge in [0, 0.05) is 24.1 Å². The Bertz CT molecular complexity index is 338. The fourth-order valence-corrected chi connectivity index (χ4v) is 2.88. The first kappa shape index (κ1) is 14.9. The monoisotopic (exact) mass is 285 g/mol. The molecule has 2 rings (SSSR count). The molecule has 0 amide bonds. The highest BCUT2D eigenvalue weighted by molar-refractivity contribution is 7.10. The SMILES string of the molecule is C[C@@H](NCC(O)COCC1CCCO1)c1cccs1. The fourth-order valence-electron chi connectivity index (χ4n) is 2.12. The van der Waals surface area contributed by atoms with Gasteiger partial charge in [0.05, 0.1) is 25.4 Å². The van der Waals surface area contributed by atoms with E-state index in [4.69, 9.17) is 9.47 Å². The summed E-state index contributed by atoms with van der Waals surface area (Å²) in [6, 6.07) is 4.41. The van der Waals surface area contributed by atoms with Gasteiger partial charge in [-0.05, 0) is 31.2 Å². The number of nitrogens with one attached hydrogen (secondary N) is 1. The summed E-state index contributed by atoms with van der Waals surface area (Å²) in [4.78, 5) is 1.28. The van der Waals surface area contributed by atoms with Gasteiger partial charge in [0.15, 0.2) is 0 Å². The van der Waals surface area contributed by atoms with E-state index in [-0.39, 0.29) is 12.1 Å². The summed E-state index contributed by atoms with van der Waals surface area (Å²) in [6.07, 6.45) is 1.95. The van der Waals surface area contributed by atoms with Gasteiger partial charge >= 0.3 is 0 Å². The second-order valence-electron chi connectivity index (χ2n) is 4.97. The zero-order valence-electron chi connectivity index (χ0n) is 11.4. The van der Waals surface area contributed by atoms with Crippen LogP contribution in [0.5, 0.6) is 0 Å². The highest BCUT2D eigenvalue weighted by Crippen LogP contribution is 2.17. The number of hydrogen-bond donors (Lipinski definition) is 2. The lowest BCUT2D eigenvalue weighted by atomic mass is 10.2. The standard InChI is InChI=1S/C14H23NO3S/c1-11(14-5-3-7-19-14)15-8-12(16)9-17-10-13-4-2-6-18-13/h3,5,7,11-13,15-16H,2,4,6,8-10H2,1H3/t11-,12?,13?/m1/s1. The Labute approximate surface area is 118 Å². The molecule has 108 valence electrons. The van der Waals surface area contributed by atoms with Crippen LogP contribution < -0.4 is 5.32 Å². The van der Waals surface area contributed by atoms with Crippen LogP contribution in [-0.2, 0) is 9.47 Å². The van der Waals surface area contributed by atoms with E-state index in [0.717, 1.165) is 19.4 Å². The number of aliphatic hydroxyl groups is 1. The summed E-state index contributed by atoms with van der Waals surface area (Å²) >= 11 is 1.73. The molecule has 1 aromatic rings. The molecule has 2 heterocycles. The van der Waals surface area contributed by atoms with Gasteiger partial charge in [0.25, 0.3) is 0 Å². The van der Waals surface area contributed by atoms with E-state index in [1.54, 1.807) is 11.3 Å². The van der Waals surface area contributed by atoms with Crippen LogP contribution >= 0.6 is 11.3 Å². The van der Waals surface area contributed by atoms with Crippen LogP contribution in [0.4, 0.5) is 0 Å². The Morgan fingerprint density at radius 1 is 1.63 bits per heavy atom. The molecule has 1 fully saturated rings. The molecular weight excluding hydrogens is 262 g/mol. The second-order valence-corrected chi connectivity index (χ2v) is 5.95. The molecule has 0 aromatic carbocycles. The van der Waals surface area contributed by atoms with Crippen molar-refractivity contribution in [1.82, 2.24) is 5.32 Å². The summed E-state index contributed by atoms with van der Waals surface area (Å²) < 4.78 is 11.0. The molecule has 3 atom stereocenters. The Morgan fingerprint density at radius 3 is 3.21 bits per heavy atom. The van der Waals surface area contributed by atoms with Gasteiger partial charge < -0.3 is 19.9 Å². The zero-order chi connectivity index (χ0) is 13.5. The summed E-state index contributed by atoms with van der Waals surface area (Å²) in [7, 11) is 0. The molecule has 4 nitrogen and oxygen atoms in total. The molecule has 0 bridgehead atoms. The van der Waals surface area contributed by atoms with Crippen LogP contribution in [0.3, 0.4) is 0 Å². The lowest BCUT2D eigenvalue weighted by molar-refractivity contribution is -0.0168. The molecule has 0 saturated carbocycles. The van der Waals surface area contributed by atoms with Crippen molar-refractivity contribution in [3.05, 3.63) is 22.4 Å². The van der Waals surface area contributed by atoms with E-state index in [2.05, 4.69) is 23.7 Å². The first-order chi connectivity index (χ1) is 9.25. The highest BCUT2D eigenvalue weighted by Gasteiger charge is 2.16. The van der Waals surface area contributed by atoms with Crippen molar-refractivity contribution in [3.63, 3.8) is 0 Å². The van der Waals surface area contributed by atoms with Crippen molar-refractivity contribution in [2.45, 2.75) is 38.0 Å². The molecule has 1 saturated heterocycles. The molecule has 1 aliphatic heterocycles. The van der Waals surface area contributed by atoms with E-state index in [0.29, 0.717) is 19.8 Å². The maximum atomic E-state index is 9.84. The molecule has 5 heteroatoms. The van der Waals surface area contributed by atoms with E-state index in [9.17, 15) is 5.11 Å². The van der Waals surface area contributed by atoms with Crippen molar-refractivity contribution < 1.29 is 14.6 Å². The third-order valence-corrected chi connectivity index (χ3v) is 4.32. The van der Waals surface area contributed by atoms with Crippen LogP contribution in [-0.4, -0.2) is 43.7 Å². The van der Waals surface area contributed by atoms with Gasteiger partial charge in [-0.15, -0.1) is 11.3 Å². The molecule has 1 aromatic heterocycles. The predicted molar refractivity (Wildman–Crippen MR) is 76.5 cm³/mol. The third-order valence-electron chi connectivity index (χ3n) is 3.27. The molecule has 2 N–H and O–H groups in total. The van der Waals surface area contributed by atoms with Crippen LogP contribution in [0.25, 0.3) is 0 Å². The topological polar surface area (TPSA) is 50.7 Å². The van der Waals surface area contributed by atoms with Crippen LogP contribution in [0.1, 0.15) is 30.7 Å². The molecule has 19 heavy (non-hydrogen) atoms. The minimum absolute atomic E-state index is 0.227. The number of aliphatic hydroxyl groups excluding tert-OH is 1. The Kier molecular flexibility index (Phi) is 6.26. The van der Waals surface area contributed by atoms with Crippen molar-refractivity contribution in [3.8, 4) is 0 Å². The van der Waals surface area contributed by atoms with E-state index in [1.165, 1.54) is 4.88 Å². The lowest BCUT2D eigenvalue weighted by Gasteiger charge is -2.17. The number of thiophene rings is 1. The first-order valence-corrected chi connectivity index (χ1v) is 7.78. The average Bonchev–Trinajstić information content (AvgIpc) is 3.08. The summed E-state index contributed by atoms with van der Waals surface area (Å²) in [6.45, 7) is 4.45. The lowest BCUT2D eigenvalue weighted by Crippen LogP contribution is -2.32. The summed E-state index contributed by atoms with van der Waals surface area (Å²) in [5.74, 6) is 0. The molecule has 0 aliphatic carbocycles. The van der Waals surface area contributed by atoms with Crippen molar-refractivity contribution in [2.75, 3.05) is 26.4 Å². The minimum atomic E-state index is -0.469. The van der Waals surface area contributed by atoms with Gasteiger partial charge in [-0.25, -0.2) is 0 Å². The van der Waals surface area contributed by atoms with E-state index >= 15 is 0 Å². The number of hydrogen-bond acceptors (Lipinski definition) is 5. The quantitative estimate of drug-likeness (QED) is 0.766. The Balaban J connectivity index is 1.55. The second kappa shape index (κ2) is 7.97. The normalized spacial score (nSPS) is 22.5. The largest absolute Gasteiger partial charge is 0.389 e. The van der Waals surface area contributed by atoms with Gasteiger partial charge in [-0.1, -0.05) is 6.07 Å². The number of ether oxygens (including phenoxy) is 2. The fraction of sp³-hybridized carbons (Fsp3) is 0.714. The Morgan fingerprint density at radius 2 is 2.53 bits per heavy atom. The highest BCUT2D eigenvalue weighted by atomic mass is 32.1. The van der Waals surface area contributed by atoms with E-state index < -0.39 is 6.10 Å². The van der Waals surface area contributed by atoms with Gasteiger partial charge in [0.2, 0.25) is 0 Å². The average molecular weight is 285 g/mol. The van der Waals surface area contributed by atoms with Gasteiger partial charge in [-0.2, -0.15) is 0 Å². The smallest absolute Gasteiger partial charge is 0.0897 e. The minimum Gasteiger partial charge on any atom is -0.389 e. The van der Waals surface area contributed by atoms with Crippen molar-refractivity contribution >= 4 is 11.3 Å². The van der Waals surface area contributed by atoms with Crippen LogP contribution in [0.2, 0.25) is 0 Å². The van der Waals surface area contributed by atoms with Crippen LogP contribution in [0, 0.1) is 0 Å². The summed E-state index contributed by atoms with van der Waals surface area (Å²) in [5, 5.41) is 15.2. The molecule has 2 unspecified atom stereocenters.